The summed E-state index contributed by atoms with van der Waals surface area (Å²) in [6, 6.07) is 10.0. The molecule has 1 saturated heterocycles. The highest BCUT2D eigenvalue weighted by atomic mass is 16.5. The minimum Gasteiger partial charge on any atom is -0.376 e. The molecule has 0 aliphatic carbocycles. The molecule has 0 bridgehead atoms. The maximum atomic E-state index is 8.94. The number of benzene rings is 1. The number of nitrogens with zero attached hydrogens (tertiary/aromatic N) is 2. The lowest BCUT2D eigenvalue weighted by atomic mass is 10.1. The predicted octanol–water partition coefficient (Wildman–Crippen LogP) is 2.95. The first kappa shape index (κ1) is 12.9. The van der Waals surface area contributed by atoms with Crippen molar-refractivity contribution in [1.29, 1.82) is 5.26 Å². The summed E-state index contributed by atoms with van der Waals surface area (Å²) in [5.41, 5.74) is 1.86. The smallest absolute Gasteiger partial charge is 0.0992 e. The van der Waals surface area contributed by atoms with Crippen LogP contribution in [0.1, 0.15) is 31.7 Å². The van der Waals surface area contributed by atoms with Crippen molar-refractivity contribution in [3.05, 3.63) is 29.8 Å². The van der Waals surface area contributed by atoms with E-state index in [9.17, 15) is 0 Å². The Bertz CT molecular complexity index is 425. The first-order chi connectivity index (χ1) is 8.83. The maximum absolute atomic E-state index is 8.94. The molecule has 3 heteroatoms. The van der Waals surface area contributed by atoms with E-state index in [1.165, 1.54) is 0 Å². The quantitative estimate of drug-likeness (QED) is 0.817. The van der Waals surface area contributed by atoms with Crippen molar-refractivity contribution in [2.45, 2.75) is 32.3 Å². The van der Waals surface area contributed by atoms with Crippen LogP contribution in [0, 0.1) is 11.3 Å². The largest absolute Gasteiger partial charge is 0.376 e. The highest BCUT2D eigenvalue weighted by molar-refractivity contribution is 5.51. The summed E-state index contributed by atoms with van der Waals surface area (Å²) in [6.07, 6.45) is 3.71. The van der Waals surface area contributed by atoms with Crippen molar-refractivity contribution in [2.75, 3.05) is 24.6 Å². The van der Waals surface area contributed by atoms with Gasteiger partial charge in [0.25, 0.3) is 0 Å². The molecule has 1 aromatic carbocycles. The third-order valence-electron chi connectivity index (χ3n) is 3.28. The van der Waals surface area contributed by atoms with E-state index in [1.54, 1.807) is 0 Å². The van der Waals surface area contributed by atoms with Crippen LogP contribution in [0.5, 0.6) is 0 Å². The Morgan fingerprint density at radius 2 is 2.39 bits per heavy atom. The Kier molecular flexibility index (Phi) is 4.60. The van der Waals surface area contributed by atoms with Gasteiger partial charge in [0.05, 0.1) is 17.7 Å². The van der Waals surface area contributed by atoms with Gasteiger partial charge in [-0.3, -0.25) is 0 Å². The Morgan fingerprint density at radius 3 is 3.17 bits per heavy atom. The van der Waals surface area contributed by atoms with Crippen LogP contribution in [0.15, 0.2) is 24.3 Å². The van der Waals surface area contributed by atoms with E-state index in [2.05, 4.69) is 24.0 Å². The van der Waals surface area contributed by atoms with E-state index in [4.69, 9.17) is 10.00 Å². The van der Waals surface area contributed by atoms with Gasteiger partial charge in [-0.15, -0.1) is 0 Å². The van der Waals surface area contributed by atoms with Crippen molar-refractivity contribution in [2.24, 2.45) is 0 Å². The molecule has 3 nitrogen and oxygen atoms in total. The molecule has 1 unspecified atom stereocenters. The summed E-state index contributed by atoms with van der Waals surface area (Å²) in [5.74, 6) is 0. The highest BCUT2D eigenvalue weighted by Gasteiger charge is 2.20. The first-order valence-corrected chi connectivity index (χ1v) is 6.70. The zero-order chi connectivity index (χ0) is 12.8. The van der Waals surface area contributed by atoms with Crippen LogP contribution < -0.4 is 4.90 Å². The summed E-state index contributed by atoms with van der Waals surface area (Å²) >= 11 is 0. The maximum Gasteiger partial charge on any atom is 0.0992 e. The molecule has 18 heavy (non-hydrogen) atoms. The van der Waals surface area contributed by atoms with Gasteiger partial charge in [0.1, 0.15) is 0 Å². The number of ether oxygens (including phenoxy) is 1. The standard InChI is InChI=1S/C15H20N2O/c1-2-9-18-15-7-4-8-17(12-15)14-6-3-5-13(10-14)11-16/h3,5-6,10,15H,2,4,7-9,12H2,1H3. The normalized spacial score (nSPS) is 19.6. The fourth-order valence-electron chi connectivity index (χ4n) is 2.37. The summed E-state index contributed by atoms with van der Waals surface area (Å²) in [5, 5.41) is 8.94. The van der Waals surface area contributed by atoms with Crippen LogP contribution in [0.2, 0.25) is 0 Å². The number of rotatable bonds is 4. The molecule has 1 aliphatic rings. The molecular weight excluding hydrogens is 224 g/mol. The van der Waals surface area contributed by atoms with Crippen molar-refractivity contribution < 1.29 is 4.74 Å². The van der Waals surface area contributed by atoms with Crippen molar-refractivity contribution >= 4 is 5.69 Å². The molecule has 0 saturated carbocycles. The summed E-state index contributed by atoms with van der Waals surface area (Å²) in [6.45, 7) is 4.98. The van der Waals surface area contributed by atoms with Gasteiger partial charge >= 0.3 is 0 Å². The summed E-state index contributed by atoms with van der Waals surface area (Å²) in [7, 11) is 0. The predicted molar refractivity (Wildman–Crippen MR) is 72.6 cm³/mol. The summed E-state index contributed by atoms with van der Waals surface area (Å²) in [4.78, 5) is 2.32. The minimum atomic E-state index is 0.337. The fourth-order valence-corrected chi connectivity index (χ4v) is 2.37. The molecule has 0 radical (unpaired) electrons. The Labute approximate surface area is 109 Å². The van der Waals surface area contributed by atoms with Crippen LogP contribution >= 0.6 is 0 Å². The molecular formula is C15H20N2O. The van der Waals surface area contributed by atoms with Crippen molar-refractivity contribution in [1.82, 2.24) is 0 Å². The van der Waals surface area contributed by atoms with Gasteiger partial charge in [-0.2, -0.15) is 5.26 Å². The number of hydrogen-bond acceptors (Lipinski definition) is 3. The summed E-state index contributed by atoms with van der Waals surface area (Å²) < 4.78 is 5.83. The highest BCUT2D eigenvalue weighted by Crippen LogP contribution is 2.22. The van der Waals surface area contributed by atoms with E-state index in [-0.39, 0.29) is 0 Å². The van der Waals surface area contributed by atoms with Crippen LogP contribution in [-0.4, -0.2) is 25.8 Å². The van der Waals surface area contributed by atoms with Crippen molar-refractivity contribution in [3.8, 4) is 6.07 Å². The monoisotopic (exact) mass is 244 g/mol. The average molecular weight is 244 g/mol. The first-order valence-electron chi connectivity index (χ1n) is 6.70. The van der Waals surface area contributed by atoms with Crippen LogP contribution in [0.4, 0.5) is 5.69 Å². The Balaban J connectivity index is 2.01. The van der Waals surface area contributed by atoms with E-state index in [1.807, 2.05) is 18.2 Å². The van der Waals surface area contributed by atoms with Crippen LogP contribution in [-0.2, 0) is 4.74 Å². The molecule has 0 N–H and O–H groups in total. The topological polar surface area (TPSA) is 36.3 Å². The van der Waals surface area contributed by atoms with Gasteiger partial charge in [-0.25, -0.2) is 0 Å². The molecule has 1 fully saturated rings. The Hall–Kier alpha value is -1.53. The lowest BCUT2D eigenvalue weighted by molar-refractivity contribution is 0.0440. The zero-order valence-corrected chi connectivity index (χ0v) is 10.9. The lowest BCUT2D eigenvalue weighted by Gasteiger charge is -2.34. The molecule has 0 aromatic heterocycles. The Morgan fingerprint density at radius 1 is 1.50 bits per heavy atom. The molecule has 1 heterocycles. The molecule has 96 valence electrons. The van der Waals surface area contributed by atoms with Crippen LogP contribution in [0.3, 0.4) is 0 Å². The molecule has 1 aliphatic heterocycles. The molecule has 1 aromatic rings. The van der Waals surface area contributed by atoms with Gasteiger partial charge in [0.15, 0.2) is 0 Å². The number of anilines is 1. The van der Waals surface area contributed by atoms with E-state index < -0.39 is 0 Å². The van der Waals surface area contributed by atoms with Gasteiger partial charge in [-0.05, 0) is 37.5 Å². The number of piperidine rings is 1. The van der Waals surface area contributed by atoms with Gasteiger partial charge < -0.3 is 9.64 Å². The zero-order valence-electron chi connectivity index (χ0n) is 10.9. The molecule has 1 atom stereocenters. The third-order valence-corrected chi connectivity index (χ3v) is 3.28. The minimum absolute atomic E-state index is 0.337. The van der Waals surface area contributed by atoms with Crippen LogP contribution in [0.25, 0.3) is 0 Å². The second-order valence-electron chi connectivity index (χ2n) is 4.74. The number of hydrogen-bond donors (Lipinski definition) is 0. The van der Waals surface area contributed by atoms with E-state index in [0.29, 0.717) is 6.10 Å². The molecule has 0 amide bonds. The van der Waals surface area contributed by atoms with Gasteiger partial charge in [-0.1, -0.05) is 13.0 Å². The van der Waals surface area contributed by atoms with E-state index in [0.717, 1.165) is 50.2 Å². The third kappa shape index (κ3) is 3.24. The fraction of sp³-hybridized carbons (Fsp3) is 0.533. The second-order valence-corrected chi connectivity index (χ2v) is 4.74. The SMILES string of the molecule is CCCOC1CCCN(c2cccc(C#N)c2)C1. The number of nitriles is 1. The average Bonchev–Trinajstić information content (AvgIpc) is 2.45. The molecule has 0 spiro atoms. The second kappa shape index (κ2) is 6.42. The van der Waals surface area contributed by atoms with E-state index >= 15 is 0 Å². The van der Waals surface area contributed by atoms with Crippen molar-refractivity contribution in [3.63, 3.8) is 0 Å². The van der Waals surface area contributed by atoms with Gasteiger partial charge in [0, 0.05) is 25.4 Å². The lowest BCUT2D eigenvalue weighted by Crippen LogP contribution is -2.39. The van der Waals surface area contributed by atoms with Gasteiger partial charge in [0.2, 0.25) is 0 Å². The molecule has 2 rings (SSSR count).